The third-order valence-corrected chi connectivity index (χ3v) is 2.96. The minimum atomic E-state index is -0.694. The third-order valence-electron chi connectivity index (χ3n) is 2.96. The first-order valence-corrected chi connectivity index (χ1v) is 6.38. The quantitative estimate of drug-likeness (QED) is 0.882. The third kappa shape index (κ3) is 3.41. The van der Waals surface area contributed by atoms with Crippen molar-refractivity contribution in [3.63, 3.8) is 0 Å². The van der Waals surface area contributed by atoms with Crippen molar-refractivity contribution in [1.29, 1.82) is 0 Å². The molecule has 1 amide bonds. The lowest BCUT2D eigenvalue weighted by Gasteiger charge is -2.08. The first kappa shape index (κ1) is 15.5. The number of hydrogen-bond donors (Lipinski definition) is 1. The first-order chi connectivity index (χ1) is 10.5. The summed E-state index contributed by atoms with van der Waals surface area (Å²) in [5.41, 5.74) is 0.530. The van der Waals surface area contributed by atoms with Crippen LogP contribution in [-0.2, 0) is 4.74 Å². The number of hydrogen-bond acceptors (Lipinski definition) is 4. The van der Waals surface area contributed by atoms with Gasteiger partial charge in [-0.3, -0.25) is 4.79 Å². The van der Waals surface area contributed by atoms with E-state index in [1.807, 2.05) is 0 Å². The smallest absolute Gasteiger partial charge is 0.337 e. The van der Waals surface area contributed by atoms with E-state index in [4.69, 9.17) is 4.74 Å². The molecule has 6 heteroatoms. The number of halogens is 1. The average molecular weight is 303 g/mol. The van der Waals surface area contributed by atoms with Gasteiger partial charge < -0.3 is 14.8 Å². The summed E-state index contributed by atoms with van der Waals surface area (Å²) in [5, 5.41) is 2.53. The molecular weight excluding hydrogens is 289 g/mol. The van der Waals surface area contributed by atoms with Gasteiger partial charge in [0, 0.05) is 11.8 Å². The van der Waals surface area contributed by atoms with E-state index in [0.29, 0.717) is 11.4 Å². The van der Waals surface area contributed by atoms with Crippen molar-refractivity contribution in [2.75, 3.05) is 19.5 Å². The predicted molar refractivity (Wildman–Crippen MR) is 78.7 cm³/mol. The lowest BCUT2D eigenvalue weighted by molar-refractivity contribution is 0.0600. The molecule has 0 aliphatic rings. The molecule has 0 radical (unpaired) electrons. The van der Waals surface area contributed by atoms with Gasteiger partial charge in [-0.1, -0.05) is 6.07 Å². The zero-order valence-corrected chi connectivity index (χ0v) is 12.1. The lowest BCUT2D eigenvalue weighted by atomic mass is 10.1. The second kappa shape index (κ2) is 6.71. The highest BCUT2D eigenvalue weighted by atomic mass is 19.1. The van der Waals surface area contributed by atoms with Crippen molar-refractivity contribution >= 4 is 17.6 Å². The van der Waals surface area contributed by atoms with E-state index < -0.39 is 17.7 Å². The van der Waals surface area contributed by atoms with Crippen molar-refractivity contribution in [2.24, 2.45) is 0 Å². The summed E-state index contributed by atoms with van der Waals surface area (Å²) < 4.78 is 23.3. The molecule has 0 fully saturated rings. The van der Waals surface area contributed by atoms with Gasteiger partial charge in [-0.2, -0.15) is 0 Å². The molecule has 0 bridgehead atoms. The molecular formula is C16H14FNO4. The van der Waals surface area contributed by atoms with Crippen LogP contribution in [0.15, 0.2) is 42.5 Å². The molecule has 0 atom stereocenters. The van der Waals surface area contributed by atoms with Crippen molar-refractivity contribution < 1.29 is 23.5 Å². The summed E-state index contributed by atoms with van der Waals surface area (Å²) in [7, 11) is 2.67. The number of anilines is 1. The number of methoxy groups -OCH3 is 2. The van der Waals surface area contributed by atoms with Gasteiger partial charge in [0.05, 0.1) is 25.3 Å². The standard InChI is InChI=1S/C16H14FNO4/c1-21-12-6-7-13(14(17)9-12)15(19)18-11-5-3-4-10(8-11)16(20)22-2/h3-9H,1-2H3,(H,18,19). The van der Waals surface area contributed by atoms with E-state index in [9.17, 15) is 14.0 Å². The maximum absolute atomic E-state index is 13.8. The molecule has 5 nitrogen and oxygen atoms in total. The van der Waals surface area contributed by atoms with E-state index >= 15 is 0 Å². The Kier molecular flexibility index (Phi) is 4.73. The molecule has 1 N–H and O–H groups in total. The minimum absolute atomic E-state index is 0.121. The van der Waals surface area contributed by atoms with E-state index in [-0.39, 0.29) is 11.1 Å². The van der Waals surface area contributed by atoms with Crippen LogP contribution in [0.1, 0.15) is 20.7 Å². The Bertz CT molecular complexity index is 715. The number of amides is 1. The van der Waals surface area contributed by atoms with Gasteiger partial charge in [0.15, 0.2) is 0 Å². The number of carbonyl (C=O) groups excluding carboxylic acids is 2. The molecule has 0 saturated heterocycles. The topological polar surface area (TPSA) is 64.6 Å². The monoisotopic (exact) mass is 303 g/mol. The molecule has 0 spiro atoms. The van der Waals surface area contributed by atoms with Crippen LogP contribution in [-0.4, -0.2) is 26.1 Å². The Balaban J connectivity index is 2.20. The van der Waals surface area contributed by atoms with Crippen LogP contribution >= 0.6 is 0 Å². The summed E-state index contributed by atoms with van der Waals surface area (Å²) in [4.78, 5) is 23.5. The molecule has 2 aromatic carbocycles. The van der Waals surface area contributed by atoms with Crippen LogP contribution in [0.4, 0.5) is 10.1 Å². The SMILES string of the molecule is COC(=O)c1cccc(NC(=O)c2ccc(OC)cc2F)c1. The summed E-state index contributed by atoms with van der Waals surface area (Å²) in [6, 6.07) is 10.1. The Morgan fingerprint density at radius 2 is 1.86 bits per heavy atom. The van der Waals surface area contributed by atoms with E-state index in [2.05, 4.69) is 10.1 Å². The molecule has 0 unspecified atom stereocenters. The summed E-state index contributed by atoms with van der Waals surface area (Å²) in [6.07, 6.45) is 0. The molecule has 22 heavy (non-hydrogen) atoms. The van der Waals surface area contributed by atoms with Gasteiger partial charge in [0.25, 0.3) is 5.91 Å². The Morgan fingerprint density at radius 1 is 1.09 bits per heavy atom. The normalized spacial score (nSPS) is 9.95. The number of carbonyl (C=O) groups is 2. The molecule has 2 rings (SSSR count). The maximum atomic E-state index is 13.8. The first-order valence-electron chi connectivity index (χ1n) is 6.38. The van der Waals surface area contributed by atoms with Crippen LogP contribution in [0.25, 0.3) is 0 Å². The van der Waals surface area contributed by atoms with Gasteiger partial charge in [-0.05, 0) is 30.3 Å². The molecule has 0 aliphatic heterocycles. The average Bonchev–Trinajstić information content (AvgIpc) is 2.53. The molecule has 114 valence electrons. The van der Waals surface area contributed by atoms with Crippen LogP contribution < -0.4 is 10.1 Å². The highest BCUT2D eigenvalue weighted by Crippen LogP contribution is 2.18. The van der Waals surface area contributed by atoms with Crippen LogP contribution in [0.3, 0.4) is 0 Å². The van der Waals surface area contributed by atoms with Gasteiger partial charge >= 0.3 is 5.97 Å². The van der Waals surface area contributed by atoms with Crippen molar-refractivity contribution in [1.82, 2.24) is 0 Å². The van der Waals surface area contributed by atoms with Gasteiger partial charge in [-0.25, -0.2) is 9.18 Å². The predicted octanol–water partition coefficient (Wildman–Crippen LogP) is 2.87. The second-order valence-electron chi connectivity index (χ2n) is 4.37. The molecule has 2 aromatic rings. The van der Waals surface area contributed by atoms with Gasteiger partial charge in [-0.15, -0.1) is 0 Å². The molecule has 0 aromatic heterocycles. The summed E-state index contributed by atoms with van der Waals surface area (Å²) in [6.45, 7) is 0. The number of nitrogens with one attached hydrogen (secondary N) is 1. The zero-order valence-electron chi connectivity index (χ0n) is 12.1. The Morgan fingerprint density at radius 3 is 2.50 bits per heavy atom. The summed E-state index contributed by atoms with van der Waals surface area (Å²) >= 11 is 0. The molecule has 0 saturated carbocycles. The van der Waals surface area contributed by atoms with E-state index in [0.717, 1.165) is 6.07 Å². The highest BCUT2D eigenvalue weighted by Gasteiger charge is 2.14. The number of rotatable bonds is 4. The second-order valence-corrected chi connectivity index (χ2v) is 4.37. The van der Waals surface area contributed by atoms with E-state index in [1.54, 1.807) is 18.2 Å². The van der Waals surface area contributed by atoms with E-state index in [1.165, 1.54) is 32.4 Å². The number of ether oxygens (including phenoxy) is 2. The zero-order chi connectivity index (χ0) is 16.1. The number of esters is 1. The summed E-state index contributed by atoms with van der Waals surface area (Å²) in [5.74, 6) is -1.52. The fraction of sp³-hybridized carbons (Fsp3) is 0.125. The van der Waals surface area contributed by atoms with Crippen LogP contribution in [0.5, 0.6) is 5.75 Å². The van der Waals surface area contributed by atoms with Gasteiger partial charge in [0.2, 0.25) is 0 Å². The Hall–Kier alpha value is -2.89. The van der Waals surface area contributed by atoms with Crippen LogP contribution in [0, 0.1) is 5.82 Å². The van der Waals surface area contributed by atoms with Crippen LogP contribution in [0.2, 0.25) is 0 Å². The maximum Gasteiger partial charge on any atom is 0.337 e. The minimum Gasteiger partial charge on any atom is -0.497 e. The van der Waals surface area contributed by atoms with Crippen molar-refractivity contribution in [3.05, 3.63) is 59.4 Å². The highest BCUT2D eigenvalue weighted by molar-refractivity contribution is 6.05. The van der Waals surface area contributed by atoms with Crippen molar-refractivity contribution in [3.8, 4) is 5.75 Å². The lowest BCUT2D eigenvalue weighted by Crippen LogP contribution is -2.14. The molecule has 0 heterocycles. The van der Waals surface area contributed by atoms with Gasteiger partial charge in [0.1, 0.15) is 11.6 Å². The fourth-order valence-electron chi connectivity index (χ4n) is 1.85. The van der Waals surface area contributed by atoms with Crippen molar-refractivity contribution in [2.45, 2.75) is 0 Å². The number of benzene rings is 2. The Labute approximate surface area is 126 Å². The fourth-order valence-corrected chi connectivity index (χ4v) is 1.85. The largest absolute Gasteiger partial charge is 0.497 e. The molecule has 0 aliphatic carbocycles.